The summed E-state index contributed by atoms with van der Waals surface area (Å²) in [6, 6.07) is 10.1. The van der Waals surface area contributed by atoms with Crippen LogP contribution in [0.25, 0.3) is 11.6 Å². The minimum absolute atomic E-state index is 0.0196. The Labute approximate surface area is 126 Å². The zero-order chi connectivity index (χ0) is 16.3. The first-order chi connectivity index (χ1) is 10.4. The van der Waals surface area contributed by atoms with Gasteiger partial charge in [0.2, 0.25) is 0 Å². The van der Waals surface area contributed by atoms with Gasteiger partial charge in [0.25, 0.3) is 0 Å². The third-order valence-corrected chi connectivity index (χ3v) is 3.20. The van der Waals surface area contributed by atoms with Crippen LogP contribution in [0.5, 0.6) is 0 Å². The van der Waals surface area contributed by atoms with Crippen molar-refractivity contribution in [1.29, 1.82) is 0 Å². The van der Waals surface area contributed by atoms with Crippen LogP contribution in [0.2, 0.25) is 0 Å². The van der Waals surface area contributed by atoms with Gasteiger partial charge in [-0.15, -0.1) is 0 Å². The van der Waals surface area contributed by atoms with Crippen LogP contribution < -0.4 is 0 Å². The van der Waals surface area contributed by atoms with E-state index in [1.165, 1.54) is 30.3 Å². The first kappa shape index (κ1) is 15.4. The Morgan fingerprint density at radius 1 is 1.09 bits per heavy atom. The Balaban J connectivity index is 2.60. The fourth-order valence-electron chi connectivity index (χ4n) is 2.00. The van der Waals surface area contributed by atoms with Crippen LogP contribution in [0.1, 0.15) is 27.0 Å². The summed E-state index contributed by atoms with van der Waals surface area (Å²) in [6.07, 6.45) is 1.23. The molecule has 0 fully saturated rings. The quantitative estimate of drug-likeness (QED) is 0.670. The van der Waals surface area contributed by atoms with Crippen molar-refractivity contribution in [2.45, 2.75) is 6.92 Å². The number of halogens is 1. The molecule has 2 rings (SSSR count). The van der Waals surface area contributed by atoms with Gasteiger partial charge >= 0.3 is 11.9 Å². The largest absolute Gasteiger partial charge is 0.478 e. The molecule has 0 unspecified atom stereocenters. The minimum atomic E-state index is -1.26. The van der Waals surface area contributed by atoms with Gasteiger partial charge in [-0.1, -0.05) is 30.3 Å². The minimum Gasteiger partial charge on any atom is -0.478 e. The van der Waals surface area contributed by atoms with Crippen molar-refractivity contribution in [3.8, 4) is 0 Å². The van der Waals surface area contributed by atoms with E-state index >= 15 is 0 Å². The Hall–Kier alpha value is -2.95. The van der Waals surface area contributed by atoms with Crippen LogP contribution in [-0.4, -0.2) is 22.2 Å². The predicted molar refractivity (Wildman–Crippen MR) is 80.0 cm³/mol. The van der Waals surface area contributed by atoms with Gasteiger partial charge in [0.1, 0.15) is 5.82 Å². The van der Waals surface area contributed by atoms with E-state index < -0.39 is 17.8 Å². The van der Waals surface area contributed by atoms with Crippen molar-refractivity contribution < 1.29 is 24.2 Å². The van der Waals surface area contributed by atoms with Crippen molar-refractivity contribution in [3.63, 3.8) is 0 Å². The molecule has 2 N–H and O–H groups in total. The number of aryl methyl sites for hydroxylation is 1. The van der Waals surface area contributed by atoms with Crippen molar-refractivity contribution in [2.24, 2.45) is 0 Å². The first-order valence-electron chi connectivity index (χ1n) is 6.44. The molecule has 2 aromatic rings. The van der Waals surface area contributed by atoms with Crippen molar-refractivity contribution >= 4 is 23.6 Å². The fraction of sp³-hybridized carbons (Fsp3) is 0.0588. The highest BCUT2D eigenvalue weighted by molar-refractivity contribution is 6.21. The lowest BCUT2D eigenvalue weighted by Crippen LogP contribution is -2.03. The Morgan fingerprint density at radius 3 is 2.36 bits per heavy atom. The number of carboxylic acids is 2. The number of benzene rings is 2. The molecule has 0 aliphatic carbocycles. The second kappa shape index (κ2) is 6.22. The van der Waals surface area contributed by atoms with Gasteiger partial charge in [0.05, 0.1) is 11.1 Å². The first-order valence-corrected chi connectivity index (χ1v) is 6.44. The molecular formula is C17H13FO4. The smallest absolute Gasteiger partial charge is 0.336 e. The SMILES string of the molecule is Cc1ccc(/C(=C/c2ccccc2C(=O)O)C(=O)O)cc1F. The summed E-state index contributed by atoms with van der Waals surface area (Å²) in [5.74, 6) is -2.94. The third kappa shape index (κ3) is 3.20. The summed E-state index contributed by atoms with van der Waals surface area (Å²) in [5.41, 5.74) is 0.630. The molecule has 0 atom stereocenters. The van der Waals surface area contributed by atoms with E-state index in [4.69, 9.17) is 5.11 Å². The molecule has 22 heavy (non-hydrogen) atoms. The second-order valence-corrected chi connectivity index (χ2v) is 4.72. The average Bonchev–Trinajstić information content (AvgIpc) is 2.47. The van der Waals surface area contributed by atoms with Crippen LogP contribution in [0.3, 0.4) is 0 Å². The van der Waals surface area contributed by atoms with Gasteiger partial charge in [0, 0.05) is 0 Å². The Kier molecular flexibility index (Phi) is 4.36. The van der Waals surface area contributed by atoms with E-state index in [0.717, 1.165) is 6.07 Å². The summed E-state index contributed by atoms with van der Waals surface area (Å²) < 4.78 is 13.6. The lowest BCUT2D eigenvalue weighted by molar-refractivity contribution is -0.130. The monoisotopic (exact) mass is 300 g/mol. The zero-order valence-corrected chi connectivity index (χ0v) is 11.7. The lowest BCUT2D eigenvalue weighted by Gasteiger charge is -2.06. The lowest BCUT2D eigenvalue weighted by atomic mass is 9.99. The van der Waals surface area contributed by atoms with E-state index in [9.17, 15) is 19.1 Å². The number of rotatable bonds is 4. The van der Waals surface area contributed by atoms with Crippen molar-refractivity contribution in [2.75, 3.05) is 0 Å². The molecule has 0 spiro atoms. The molecule has 0 saturated carbocycles. The van der Waals surface area contributed by atoms with E-state index in [1.807, 2.05) is 0 Å². The van der Waals surface area contributed by atoms with Crippen molar-refractivity contribution in [1.82, 2.24) is 0 Å². The van der Waals surface area contributed by atoms with Crippen LogP contribution in [0.4, 0.5) is 4.39 Å². The summed E-state index contributed by atoms with van der Waals surface area (Å²) >= 11 is 0. The summed E-state index contributed by atoms with van der Waals surface area (Å²) in [5, 5.41) is 18.5. The number of aliphatic carboxylic acids is 1. The summed E-state index contributed by atoms with van der Waals surface area (Å²) in [6.45, 7) is 1.57. The van der Waals surface area contributed by atoms with Crippen LogP contribution in [0.15, 0.2) is 42.5 Å². The van der Waals surface area contributed by atoms with Crippen LogP contribution in [0, 0.1) is 12.7 Å². The Bertz CT molecular complexity index is 778. The number of carbonyl (C=O) groups is 2. The van der Waals surface area contributed by atoms with E-state index in [0.29, 0.717) is 5.56 Å². The summed E-state index contributed by atoms with van der Waals surface area (Å²) in [4.78, 5) is 22.6. The third-order valence-electron chi connectivity index (χ3n) is 3.20. The highest BCUT2D eigenvalue weighted by atomic mass is 19.1. The summed E-state index contributed by atoms with van der Waals surface area (Å²) in [7, 11) is 0. The molecule has 2 aromatic carbocycles. The van der Waals surface area contributed by atoms with Crippen molar-refractivity contribution in [3.05, 3.63) is 70.5 Å². The molecule has 5 heteroatoms. The average molecular weight is 300 g/mol. The van der Waals surface area contributed by atoms with Gasteiger partial charge in [-0.3, -0.25) is 0 Å². The van der Waals surface area contributed by atoms with Gasteiger partial charge in [-0.05, 0) is 41.8 Å². The molecule has 0 amide bonds. The van der Waals surface area contributed by atoms with Crippen LogP contribution in [-0.2, 0) is 4.79 Å². The Morgan fingerprint density at radius 2 is 1.77 bits per heavy atom. The maximum atomic E-state index is 13.6. The highest BCUT2D eigenvalue weighted by Gasteiger charge is 2.15. The zero-order valence-electron chi connectivity index (χ0n) is 11.7. The maximum Gasteiger partial charge on any atom is 0.336 e. The number of carboxylic acid groups (broad SMARTS) is 2. The molecular weight excluding hydrogens is 287 g/mol. The molecule has 0 bridgehead atoms. The highest BCUT2D eigenvalue weighted by Crippen LogP contribution is 2.22. The standard InChI is InChI=1S/C17H13FO4/c1-10-6-7-12(9-15(10)18)14(17(21)22)8-11-4-2-3-5-13(11)16(19)20/h2-9H,1H3,(H,19,20)(H,21,22)/b14-8-. The van der Waals surface area contributed by atoms with E-state index in [-0.39, 0.29) is 22.3 Å². The molecule has 0 heterocycles. The molecule has 0 aliphatic heterocycles. The molecule has 0 radical (unpaired) electrons. The van der Waals surface area contributed by atoms with Gasteiger partial charge in [0.15, 0.2) is 0 Å². The number of hydrogen-bond donors (Lipinski definition) is 2. The number of aromatic carboxylic acids is 1. The van der Waals surface area contributed by atoms with Crippen LogP contribution >= 0.6 is 0 Å². The molecule has 0 aliphatic rings. The topological polar surface area (TPSA) is 74.6 Å². The van der Waals surface area contributed by atoms with E-state index in [1.54, 1.807) is 19.1 Å². The van der Waals surface area contributed by atoms with Gasteiger partial charge < -0.3 is 10.2 Å². The van der Waals surface area contributed by atoms with Gasteiger partial charge in [-0.2, -0.15) is 0 Å². The molecule has 4 nitrogen and oxygen atoms in total. The number of hydrogen-bond acceptors (Lipinski definition) is 2. The molecule has 0 aromatic heterocycles. The normalized spacial score (nSPS) is 11.3. The molecule has 112 valence electrons. The van der Waals surface area contributed by atoms with Gasteiger partial charge in [-0.25, -0.2) is 14.0 Å². The second-order valence-electron chi connectivity index (χ2n) is 4.72. The maximum absolute atomic E-state index is 13.6. The van der Waals surface area contributed by atoms with E-state index in [2.05, 4.69) is 0 Å². The predicted octanol–water partition coefficient (Wildman–Crippen LogP) is 3.46. The fourth-order valence-corrected chi connectivity index (χ4v) is 2.00. The molecule has 0 saturated heterocycles.